The lowest BCUT2D eigenvalue weighted by atomic mass is 10.2. The van der Waals surface area contributed by atoms with Gasteiger partial charge in [0.2, 0.25) is 0 Å². The van der Waals surface area contributed by atoms with Gasteiger partial charge in [-0.15, -0.1) is 0 Å². The number of nitro groups is 1. The molecule has 0 aromatic carbocycles. The number of alkyl halides is 3. The maximum Gasteiger partial charge on any atom is 0.433 e. The highest BCUT2D eigenvalue weighted by Gasteiger charge is 2.34. The molecule has 112 valence electrons. The summed E-state index contributed by atoms with van der Waals surface area (Å²) in [5, 5.41) is 19.4. The minimum Gasteiger partial charge on any atom is -0.384 e. The number of nitrogens with zero attached hydrogens (tertiary/aromatic N) is 3. The topological polar surface area (TPSA) is 123 Å². The lowest BCUT2D eigenvalue weighted by Gasteiger charge is -2.10. The number of pyridine rings is 1. The molecular weight excluding hydrogens is 293 g/mol. The highest BCUT2D eigenvalue weighted by atomic mass is 19.4. The molecule has 0 aliphatic heterocycles. The van der Waals surface area contributed by atoms with Crippen LogP contribution in [0.3, 0.4) is 0 Å². The lowest BCUT2D eigenvalue weighted by molar-refractivity contribution is -0.384. The molecule has 11 heteroatoms. The zero-order chi connectivity index (χ0) is 15.6. The maximum atomic E-state index is 12.6. The Morgan fingerprint density at radius 1 is 1.43 bits per heavy atom. The number of nitrogens with two attached hydrogens (primary N) is 1. The second kappa shape index (κ2) is 5.26. The van der Waals surface area contributed by atoms with Crippen molar-refractivity contribution in [1.82, 2.24) is 15.2 Å². The van der Waals surface area contributed by atoms with Crippen molar-refractivity contribution in [2.24, 2.45) is 0 Å². The van der Waals surface area contributed by atoms with E-state index in [1.54, 1.807) is 0 Å². The molecular formula is C10H9F3N6O2. The Hall–Kier alpha value is -2.85. The number of halogens is 3. The first-order valence-electron chi connectivity index (χ1n) is 5.52. The molecule has 0 atom stereocenters. The van der Waals surface area contributed by atoms with E-state index in [1.165, 1.54) is 6.20 Å². The minimum absolute atomic E-state index is 0.0233. The molecule has 0 fully saturated rings. The van der Waals surface area contributed by atoms with Crippen molar-refractivity contribution >= 4 is 17.2 Å². The molecule has 4 N–H and O–H groups in total. The van der Waals surface area contributed by atoms with Crippen LogP contribution in [-0.4, -0.2) is 20.1 Å². The number of hydrogen-bond donors (Lipinski definition) is 3. The third-order valence-corrected chi connectivity index (χ3v) is 2.59. The average molecular weight is 302 g/mol. The summed E-state index contributed by atoms with van der Waals surface area (Å²) in [4.78, 5) is 13.0. The zero-order valence-corrected chi connectivity index (χ0v) is 10.3. The van der Waals surface area contributed by atoms with Gasteiger partial charge in [-0.05, 0) is 6.07 Å². The van der Waals surface area contributed by atoms with E-state index in [2.05, 4.69) is 20.5 Å². The Morgan fingerprint density at radius 3 is 2.67 bits per heavy atom. The number of aromatic nitrogens is 3. The van der Waals surface area contributed by atoms with E-state index in [0.717, 1.165) is 0 Å². The third-order valence-electron chi connectivity index (χ3n) is 2.59. The van der Waals surface area contributed by atoms with Crippen LogP contribution in [-0.2, 0) is 12.7 Å². The molecule has 0 aliphatic rings. The van der Waals surface area contributed by atoms with Gasteiger partial charge in [-0.3, -0.25) is 15.2 Å². The maximum absolute atomic E-state index is 12.6. The SMILES string of the molecule is Nc1[nH]ncc1CNc1cc(C(F)(F)F)ncc1[N+](=O)[O-]. The predicted octanol–water partition coefficient (Wildman–Crippen LogP) is 1.93. The average Bonchev–Trinajstić information content (AvgIpc) is 2.80. The van der Waals surface area contributed by atoms with E-state index < -0.39 is 22.5 Å². The van der Waals surface area contributed by atoms with E-state index in [4.69, 9.17) is 5.73 Å². The van der Waals surface area contributed by atoms with Crippen LogP contribution < -0.4 is 11.1 Å². The third kappa shape index (κ3) is 3.19. The van der Waals surface area contributed by atoms with Crippen molar-refractivity contribution in [3.05, 3.63) is 39.8 Å². The first-order valence-corrected chi connectivity index (χ1v) is 5.52. The van der Waals surface area contributed by atoms with Gasteiger partial charge in [0, 0.05) is 12.1 Å². The van der Waals surface area contributed by atoms with E-state index in [-0.39, 0.29) is 18.1 Å². The highest BCUT2D eigenvalue weighted by molar-refractivity contribution is 5.61. The molecule has 0 radical (unpaired) electrons. The first kappa shape index (κ1) is 14.6. The van der Waals surface area contributed by atoms with E-state index in [1.807, 2.05) is 0 Å². The monoisotopic (exact) mass is 302 g/mol. The Balaban J connectivity index is 2.31. The summed E-state index contributed by atoms with van der Waals surface area (Å²) in [7, 11) is 0. The molecule has 0 bridgehead atoms. The minimum atomic E-state index is -4.69. The Bertz CT molecular complexity index is 669. The Labute approximate surface area is 115 Å². The zero-order valence-electron chi connectivity index (χ0n) is 10.3. The van der Waals surface area contributed by atoms with Gasteiger partial charge in [-0.2, -0.15) is 18.3 Å². The van der Waals surface area contributed by atoms with Crippen LogP contribution in [0.25, 0.3) is 0 Å². The van der Waals surface area contributed by atoms with E-state index in [9.17, 15) is 23.3 Å². The Morgan fingerprint density at radius 2 is 2.14 bits per heavy atom. The van der Waals surface area contributed by atoms with Gasteiger partial charge in [0.15, 0.2) is 0 Å². The molecule has 8 nitrogen and oxygen atoms in total. The summed E-state index contributed by atoms with van der Waals surface area (Å²) in [6, 6.07) is 0.578. The van der Waals surface area contributed by atoms with Crippen molar-refractivity contribution in [3.8, 4) is 0 Å². The smallest absolute Gasteiger partial charge is 0.384 e. The highest BCUT2D eigenvalue weighted by Crippen LogP contribution is 2.33. The van der Waals surface area contributed by atoms with Gasteiger partial charge >= 0.3 is 11.9 Å². The molecule has 2 heterocycles. The van der Waals surface area contributed by atoms with Gasteiger partial charge in [0.05, 0.1) is 11.1 Å². The number of aromatic amines is 1. The van der Waals surface area contributed by atoms with Crippen molar-refractivity contribution in [1.29, 1.82) is 0 Å². The fourth-order valence-corrected chi connectivity index (χ4v) is 1.54. The van der Waals surface area contributed by atoms with Crippen LogP contribution in [0.5, 0.6) is 0 Å². The quantitative estimate of drug-likeness (QED) is 0.585. The number of nitrogens with one attached hydrogen (secondary N) is 2. The molecule has 0 spiro atoms. The van der Waals surface area contributed by atoms with Gasteiger partial charge in [-0.25, -0.2) is 4.98 Å². The van der Waals surface area contributed by atoms with Crippen LogP contribution in [0.2, 0.25) is 0 Å². The van der Waals surface area contributed by atoms with Gasteiger partial charge in [0.25, 0.3) is 0 Å². The van der Waals surface area contributed by atoms with Gasteiger partial charge in [0.1, 0.15) is 23.4 Å². The number of rotatable bonds is 4. The molecule has 2 rings (SSSR count). The van der Waals surface area contributed by atoms with Crippen LogP contribution in [0.15, 0.2) is 18.5 Å². The molecule has 0 saturated heterocycles. The van der Waals surface area contributed by atoms with Crippen LogP contribution >= 0.6 is 0 Å². The fraction of sp³-hybridized carbons (Fsp3) is 0.200. The molecule has 0 unspecified atom stereocenters. The van der Waals surface area contributed by atoms with Crippen molar-refractivity contribution in [3.63, 3.8) is 0 Å². The molecule has 2 aromatic rings. The first-order chi connectivity index (χ1) is 9.79. The van der Waals surface area contributed by atoms with Crippen molar-refractivity contribution in [2.45, 2.75) is 12.7 Å². The van der Waals surface area contributed by atoms with Crippen molar-refractivity contribution < 1.29 is 18.1 Å². The van der Waals surface area contributed by atoms with E-state index >= 15 is 0 Å². The fourth-order valence-electron chi connectivity index (χ4n) is 1.54. The number of anilines is 2. The largest absolute Gasteiger partial charge is 0.433 e. The predicted molar refractivity (Wildman–Crippen MR) is 66.2 cm³/mol. The number of H-pyrrole nitrogens is 1. The number of nitrogen functional groups attached to an aromatic ring is 1. The van der Waals surface area contributed by atoms with Gasteiger partial charge in [-0.1, -0.05) is 0 Å². The Kier molecular flexibility index (Phi) is 3.65. The van der Waals surface area contributed by atoms with E-state index in [0.29, 0.717) is 17.8 Å². The van der Waals surface area contributed by atoms with Crippen LogP contribution in [0.4, 0.5) is 30.4 Å². The molecule has 0 saturated carbocycles. The molecule has 0 amide bonds. The normalized spacial score (nSPS) is 11.4. The van der Waals surface area contributed by atoms with Crippen LogP contribution in [0, 0.1) is 10.1 Å². The summed E-state index contributed by atoms with van der Waals surface area (Å²) in [5.74, 6) is 0.218. The molecule has 2 aromatic heterocycles. The second-order valence-corrected chi connectivity index (χ2v) is 4.00. The summed E-state index contributed by atoms with van der Waals surface area (Å²) >= 11 is 0. The summed E-state index contributed by atoms with van der Waals surface area (Å²) in [5.41, 5.74) is 3.89. The van der Waals surface area contributed by atoms with Gasteiger partial charge < -0.3 is 11.1 Å². The lowest BCUT2D eigenvalue weighted by Crippen LogP contribution is -2.11. The number of hydrogen-bond acceptors (Lipinski definition) is 6. The molecule has 21 heavy (non-hydrogen) atoms. The standard InChI is InChI=1S/C10H9F3N6O2/c11-10(12,13)8-1-6(7(4-16-8)19(20)21)15-2-5-3-17-18-9(5)14/h1,3-4H,2H2,(H,15,16)(H3,14,17,18). The summed E-state index contributed by atoms with van der Waals surface area (Å²) in [6.45, 7) is -0.0233. The second-order valence-electron chi connectivity index (χ2n) is 4.00. The summed E-state index contributed by atoms with van der Waals surface area (Å²) < 4.78 is 37.7. The van der Waals surface area contributed by atoms with Crippen molar-refractivity contribution in [2.75, 3.05) is 11.1 Å². The van der Waals surface area contributed by atoms with Crippen LogP contribution in [0.1, 0.15) is 11.3 Å². The summed E-state index contributed by atoms with van der Waals surface area (Å²) in [6.07, 6.45) is -2.77. The molecule has 0 aliphatic carbocycles.